The van der Waals surface area contributed by atoms with Crippen LogP contribution in [0.2, 0.25) is 0 Å². The molecule has 1 aliphatic heterocycles. The molecule has 0 saturated carbocycles. The number of rotatable bonds is 3. The van der Waals surface area contributed by atoms with Crippen LogP contribution >= 0.6 is 0 Å². The van der Waals surface area contributed by atoms with Gasteiger partial charge in [-0.2, -0.15) is 5.26 Å². The second-order valence-electron chi connectivity index (χ2n) is 4.00. The van der Waals surface area contributed by atoms with Crippen LogP contribution in [-0.2, 0) is 0 Å². The number of hydrogen-bond donors (Lipinski definition) is 1. The van der Waals surface area contributed by atoms with Crippen LogP contribution in [0.15, 0.2) is 12.3 Å². The van der Waals surface area contributed by atoms with E-state index in [9.17, 15) is 10.1 Å². The molecule has 1 saturated heterocycles. The van der Waals surface area contributed by atoms with Crippen molar-refractivity contribution in [2.75, 3.05) is 13.1 Å². The molecule has 1 N–H and O–H groups in total. The molecule has 0 spiro atoms. The Hall–Kier alpha value is -2.20. The molecular weight excluding hydrogens is 236 g/mol. The molecule has 1 aromatic heterocycles. The summed E-state index contributed by atoms with van der Waals surface area (Å²) in [7, 11) is 0. The molecule has 7 nitrogen and oxygen atoms in total. The van der Waals surface area contributed by atoms with Gasteiger partial charge in [0.2, 0.25) is 0 Å². The highest BCUT2D eigenvalue weighted by atomic mass is 16.6. The van der Waals surface area contributed by atoms with Crippen molar-refractivity contribution in [3.8, 4) is 11.9 Å². The average molecular weight is 248 g/mol. The van der Waals surface area contributed by atoms with Gasteiger partial charge in [-0.25, -0.2) is 4.98 Å². The van der Waals surface area contributed by atoms with Gasteiger partial charge in [0.05, 0.1) is 10.5 Å². The minimum absolute atomic E-state index is 0.0206. The molecule has 1 fully saturated rings. The van der Waals surface area contributed by atoms with Crippen LogP contribution in [0.1, 0.15) is 18.4 Å². The van der Waals surface area contributed by atoms with Gasteiger partial charge in [-0.3, -0.25) is 10.1 Å². The minimum Gasteiger partial charge on any atom is -0.468 e. The van der Waals surface area contributed by atoms with E-state index in [0.29, 0.717) is 6.54 Å². The fraction of sp³-hybridized carbons (Fsp3) is 0.455. The number of pyridine rings is 1. The maximum absolute atomic E-state index is 10.9. The number of aromatic nitrogens is 1. The van der Waals surface area contributed by atoms with E-state index in [1.165, 1.54) is 12.3 Å². The molecule has 0 aliphatic carbocycles. The molecule has 2 rings (SSSR count). The Balaban J connectivity index is 2.21. The van der Waals surface area contributed by atoms with Crippen molar-refractivity contribution in [3.05, 3.63) is 27.9 Å². The number of nitro groups is 1. The summed E-state index contributed by atoms with van der Waals surface area (Å²) in [5.74, 6) is -0.0206. The Kier molecular flexibility index (Phi) is 3.69. The summed E-state index contributed by atoms with van der Waals surface area (Å²) in [5, 5.41) is 22.7. The SMILES string of the molecule is N#Cc1cnc(OC2CCCNC2)c([N+](=O)[O-])c1. The number of nitriles is 1. The van der Waals surface area contributed by atoms with Crippen LogP contribution in [0.25, 0.3) is 0 Å². The zero-order valence-corrected chi connectivity index (χ0v) is 9.63. The summed E-state index contributed by atoms with van der Waals surface area (Å²) in [4.78, 5) is 14.2. The number of nitrogens with one attached hydrogen (secondary N) is 1. The number of ether oxygens (including phenoxy) is 1. The lowest BCUT2D eigenvalue weighted by Crippen LogP contribution is -2.37. The summed E-state index contributed by atoms with van der Waals surface area (Å²) in [6.07, 6.45) is 2.97. The summed E-state index contributed by atoms with van der Waals surface area (Å²) in [5.41, 5.74) is -0.115. The van der Waals surface area contributed by atoms with Gasteiger partial charge in [0.25, 0.3) is 5.88 Å². The van der Waals surface area contributed by atoms with Crippen LogP contribution in [0.4, 0.5) is 5.69 Å². The third-order valence-corrected chi connectivity index (χ3v) is 2.69. The second-order valence-corrected chi connectivity index (χ2v) is 4.00. The first kappa shape index (κ1) is 12.3. The lowest BCUT2D eigenvalue weighted by molar-refractivity contribution is -0.386. The van der Waals surface area contributed by atoms with Crippen LogP contribution in [0.3, 0.4) is 0 Å². The number of nitrogens with zero attached hydrogens (tertiary/aromatic N) is 3. The van der Waals surface area contributed by atoms with E-state index in [1.54, 1.807) is 0 Å². The van der Waals surface area contributed by atoms with Gasteiger partial charge < -0.3 is 10.1 Å². The van der Waals surface area contributed by atoms with Gasteiger partial charge >= 0.3 is 5.69 Å². The van der Waals surface area contributed by atoms with Crippen molar-refractivity contribution in [1.82, 2.24) is 10.3 Å². The third kappa shape index (κ3) is 2.73. The van der Waals surface area contributed by atoms with Crippen molar-refractivity contribution < 1.29 is 9.66 Å². The van der Waals surface area contributed by atoms with Crippen molar-refractivity contribution in [2.45, 2.75) is 18.9 Å². The van der Waals surface area contributed by atoms with E-state index in [1.807, 2.05) is 6.07 Å². The van der Waals surface area contributed by atoms with Gasteiger partial charge in [-0.05, 0) is 19.4 Å². The van der Waals surface area contributed by atoms with Crippen LogP contribution in [-0.4, -0.2) is 29.1 Å². The molecule has 18 heavy (non-hydrogen) atoms. The zero-order valence-electron chi connectivity index (χ0n) is 9.63. The van der Waals surface area contributed by atoms with Crippen molar-refractivity contribution in [2.24, 2.45) is 0 Å². The highest BCUT2D eigenvalue weighted by molar-refractivity contribution is 5.46. The van der Waals surface area contributed by atoms with Crippen LogP contribution in [0.5, 0.6) is 5.88 Å². The van der Waals surface area contributed by atoms with Crippen LogP contribution < -0.4 is 10.1 Å². The number of hydrogen-bond acceptors (Lipinski definition) is 6. The predicted molar refractivity (Wildman–Crippen MR) is 62.1 cm³/mol. The normalized spacial score (nSPS) is 18.9. The second kappa shape index (κ2) is 5.42. The highest BCUT2D eigenvalue weighted by Crippen LogP contribution is 2.26. The first-order chi connectivity index (χ1) is 8.70. The van der Waals surface area contributed by atoms with Crippen molar-refractivity contribution in [3.63, 3.8) is 0 Å². The maximum atomic E-state index is 10.9. The molecular formula is C11H12N4O3. The summed E-state index contributed by atoms with van der Waals surface area (Å²) < 4.78 is 5.52. The van der Waals surface area contributed by atoms with E-state index >= 15 is 0 Å². The fourth-order valence-corrected chi connectivity index (χ4v) is 1.80. The van der Waals surface area contributed by atoms with E-state index in [4.69, 9.17) is 10.00 Å². The Morgan fingerprint density at radius 3 is 3.11 bits per heavy atom. The van der Waals surface area contributed by atoms with Gasteiger partial charge in [0.1, 0.15) is 12.2 Å². The zero-order chi connectivity index (χ0) is 13.0. The summed E-state index contributed by atoms with van der Waals surface area (Å²) in [6.45, 7) is 1.58. The standard InChI is InChI=1S/C11H12N4O3/c12-5-8-4-10(15(16)17)11(14-6-8)18-9-2-1-3-13-7-9/h4,6,9,13H,1-3,7H2. The number of piperidine rings is 1. The van der Waals surface area contributed by atoms with Crippen molar-refractivity contribution in [1.29, 1.82) is 5.26 Å². The van der Waals surface area contributed by atoms with Crippen molar-refractivity contribution >= 4 is 5.69 Å². The Morgan fingerprint density at radius 2 is 2.50 bits per heavy atom. The van der Waals surface area contributed by atoms with Crippen LogP contribution in [0, 0.1) is 21.4 Å². The molecule has 1 aliphatic rings. The molecule has 1 unspecified atom stereocenters. The molecule has 7 heteroatoms. The topological polar surface area (TPSA) is 101 Å². The Labute approximate surface area is 104 Å². The molecule has 1 aromatic rings. The smallest absolute Gasteiger partial charge is 0.332 e. The molecule has 0 amide bonds. The predicted octanol–water partition coefficient (Wildman–Crippen LogP) is 0.992. The lowest BCUT2D eigenvalue weighted by atomic mass is 10.1. The summed E-state index contributed by atoms with van der Waals surface area (Å²) in [6, 6.07) is 3.00. The molecule has 94 valence electrons. The monoisotopic (exact) mass is 248 g/mol. The van der Waals surface area contributed by atoms with Gasteiger partial charge in [-0.15, -0.1) is 0 Å². The van der Waals surface area contributed by atoms with E-state index in [0.717, 1.165) is 19.4 Å². The average Bonchev–Trinajstić information content (AvgIpc) is 2.40. The third-order valence-electron chi connectivity index (χ3n) is 2.69. The van der Waals surface area contributed by atoms with Gasteiger partial charge in [-0.1, -0.05) is 0 Å². The first-order valence-corrected chi connectivity index (χ1v) is 5.62. The summed E-state index contributed by atoms with van der Waals surface area (Å²) >= 11 is 0. The molecule has 2 heterocycles. The fourth-order valence-electron chi connectivity index (χ4n) is 1.80. The molecule has 1 atom stereocenters. The van der Waals surface area contributed by atoms with E-state index in [-0.39, 0.29) is 23.2 Å². The molecule has 0 bridgehead atoms. The Bertz CT molecular complexity index is 492. The maximum Gasteiger partial charge on any atom is 0.332 e. The quantitative estimate of drug-likeness (QED) is 0.632. The minimum atomic E-state index is -0.584. The Morgan fingerprint density at radius 1 is 1.67 bits per heavy atom. The first-order valence-electron chi connectivity index (χ1n) is 5.62. The van der Waals surface area contributed by atoms with Gasteiger partial charge in [0, 0.05) is 18.8 Å². The largest absolute Gasteiger partial charge is 0.468 e. The molecule has 0 radical (unpaired) electrons. The van der Waals surface area contributed by atoms with E-state index < -0.39 is 4.92 Å². The highest BCUT2D eigenvalue weighted by Gasteiger charge is 2.22. The van der Waals surface area contributed by atoms with Gasteiger partial charge in [0.15, 0.2) is 0 Å². The lowest BCUT2D eigenvalue weighted by Gasteiger charge is -2.23. The van der Waals surface area contributed by atoms with E-state index in [2.05, 4.69) is 10.3 Å². The molecule has 0 aromatic carbocycles.